The Labute approximate surface area is 102 Å². The van der Waals surface area contributed by atoms with Gasteiger partial charge in [0.1, 0.15) is 10.3 Å². The first-order chi connectivity index (χ1) is 8.24. The Morgan fingerprint density at radius 2 is 2.47 bits per heavy atom. The monoisotopic (exact) mass is 249 g/mol. The second-order valence-corrected chi connectivity index (χ2v) is 5.05. The van der Waals surface area contributed by atoms with E-state index in [0.717, 1.165) is 22.0 Å². The fourth-order valence-corrected chi connectivity index (χ4v) is 2.97. The zero-order chi connectivity index (χ0) is 11.8. The van der Waals surface area contributed by atoms with Crippen molar-refractivity contribution in [2.75, 3.05) is 18.0 Å². The second kappa shape index (κ2) is 3.96. The molecule has 0 aliphatic carbocycles. The third-order valence-corrected chi connectivity index (χ3v) is 4.00. The number of aliphatic carboxylic acids is 1. The summed E-state index contributed by atoms with van der Waals surface area (Å²) in [5, 5.41) is 9.84. The second-order valence-electron chi connectivity index (χ2n) is 4.09. The molecule has 0 saturated carbocycles. The van der Waals surface area contributed by atoms with Gasteiger partial charge in [0.2, 0.25) is 0 Å². The summed E-state index contributed by atoms with van der Waals surface area (Å²) in [6.07, 6.45) is 2.44. The summed E-state index contributed by atoms with van der Waals surface area (Å²) in [6, 6.07) is 3.78. The van der Waals surface area contributed by atoms with Crippen LogP contribution in [-0.2, 0) is 4.79 Å². The minimum Gasteiger partial charge on any atom is -0.481 e. The summed E-state index contributed by atoms with van der Waals surface area (Å²) in [6.45, 7) is 1.31. The van der Waals surface area contributed by atoms with Crippen molar-refractivity contribution in [3.05, 3.63) is 18.3 Å². The SMILES string of the molecule is O=C(O)[C@@H]1CCN(c2nc3cccnc3s2)C1. The predicted octanol–water partition coefficient (Wildman–Crippen LogP) is 1.60. The van der Waals surface area contributed by atoms with Crippen molar-refractivity contribution in [3.8, 4) is 0 Å². The summed E-state index contributed by atoms with van der Waals surface area (Å²) < 4.78 is 0. The molecule has 2 aromatic heterocycles. The molecule has 5 nitrogen and oxygen atoms in total. The summed E-state index contributed by atoms with van der Waals surface area (Å²) in [5.74, 6) is -0.985. The molecule has 1 atom stereocenters. The maximum Gasteiger partial charge on any atom is 0.308 e. The molecule has 0 radical (unpaired) electrons. The topological polar surface area (TPSA) is 66.3 Å². The predicted molar refractivity (Wildman–Crippen MR) is 65.4 cm³/mol. The number of thiazole rings is 1. The number of nitrogens with zero attached hydrogens (tertiary/aromatic N) is 3. The first kappa shape index (κ1) is 10.5. The number of hydrogen-bond donors (Lipinski definition) is 1. The molecule has 1 N–H and O–H groups in total. The molecular formula is C11H11N3O2S. The molecule has 0 spiro atoms. The van der Waals surface area contributed by atoms with E-state index in [1.54, 1.807) is 6.20 Å². The van der Waals surface area contributed by atoms with Crippen LogP contribution in [0.5, 0.6) is 0 Å². The molecule has 1 aliphatic heterocycles. The number of carboxylic acids is 1. The standard InChI is InChI=1S/C11H11N3O2S/c15-10(16)7-3-5-14(6-7)11-13-8-2-1-4-12-9(8)17-11/h1-2,4,7H,3,5-6H2,(H,15,16)/t7-/m1/s1. The van der Waals surface area contributed by atoms with Crippen LogP contribution in [0.15, 0.2) is 18.3 Å². The van der Waals surface area contributed by atoms with Crippen LogP contribution in [0.3, 0.4) is 0 Å². The van der Waals surface area contributed by atoms with Gasteiger partial charge in [-0.25, -0.2) is 9.97 Å². The number of aromatic nitrogens is 2. The fourth-order valence-electron chi connectivity index (χ4n) is 2.03. The Kier molecular flexibility index (Phi) is 2.44. The number of anilines is 1. The van der Waals surface area contributed by atoms with Gasteiger partial charge in [0.15, 0.2) is 5.13 Å². The van der Waals surface area contributed by atoms with E-state index in [1.165, 1.54) is 11.3 Å². The van der Waals surface area contributed by atoms with Gasteiger partial charge in [0.25, 0.3) is 0 Å². The van der Waals surface area contributed by atoms with Crippen LogP contribution < -0.4 is 4.90 Å². The van der Waals surface area contributed by atoms with Crippen molar-refractivity contribution in [3.63, 3.8) is 0 Å². The first-order valence-electron chi connectivity index (χ1n) is 5.43. The number of pyridine rings is 1. The molecular weight excluding hydrogens is 238 g/mol. The van der Waals surface area contributed by atoms with Gasteiger partial charge < -0.3 is 10.0 Å². The van der Waals surface area contributed by atoms with Crippen molar-refractivity contribution < 1.29 is 9.90 Å². The van der Waals surface area contributed by atoms with E-state index in [2.05, 4.69) is 9.97 Å². The maximum absolute atomic E-state index is 10.9. The van der Waals surface area contributed by atoms with Crippen molar-refractivity contribution in [2.45, 2.75) is 6.42 Å². The lowest BCUT2D eigenvalue weighted by Crippen LogP contribution is -2.22. The lowest BCUT2D eigenvalue weighted by molar-refractivity contribution is -0.140. The quantitative estimate of drug-likeness (QED) is 0.875. The molecule has 17 heavy (non-hydrogen) atoms. The molecule has 88 valence electrons. The van der Waals surface area contributed by atoms with E-state index < -0.39 is 5.97 Å². The number of carboxylic acid groups (broad SMARTS) is 1. The molecule has 3 heterocycles. The Balaban J connectivity index is 1.87. The zero-order valence-corrected chi connectivity index (χ0v) is 9.85. The van der Waals surface area contributed by atoms with Crippen LogP contribution in [0.2, 0.25) is 0 Å². The van der Waals surface area contributed by atoms with Crippen LogP contribution >= 0.6 is 11.3 Å². The van der Waals surface area contributed by atoms with Crippen molar-refractivity contribution in [1.29, 1.82) is 0 Å². The third kappa shape index (κ3) is 1.84. The van der Waals surface area contributed by atoms with Crippen LogP contribution in [0.25, 0.3) is 10.3 Å². The highest BCUT2D eigenvalue weighted by atomic mass is 32.1. The van der Waals surface area contributed by atoms with Crippen LogP contribution in [0.4, 0.5) is 5.13 Å². The van der Waals surface area contributed by atoms with Gasteiger partial charge in [-0.05, 0) is 18.6 Å². The molecule has 1 saturated heterocycles. The Morgan fingerprint density at radius 3 is 3.18 bits per heavy atom. The summed E-state index contributed by atoms with van der Waals surface area (Å²) >= 11 is 1.52. The number of carbonyl (C=O) groups is 1. The Hall–Kier alpha value is -1.69. The van der Waals surface area contributed by atoms with E-state index in [9.17, 15) is 4.79 Å². The van der Waals surface area contributed by atoms with Crippen LogP contribution in [0.1, 0.15) is 6.42 Å². The zero-order valence-electron chi connectivity index (χ0n) is 9.04. The highest BCUT2D eigenvalue weighted by Gasteiger charge is 2.29. The number of rotatable bonds is 2. The summed E-state index contributed by atoms with van der Waals surface area (Å²) in [4.78, 5) is 22.5. The van der Waals surface area contributed by atoms with E-state index in [1.807, 2.05) is 17.0 Å². The number of hydrogen-bond acceptors (Lipinski definition) is 5. The molecule has 0 amide bonds. The molecule has 1 aliphatic rings. The van der Waals surface area contributed by atoms with Gasteiger partial charge in [-0.1, -0.05) is 11.3 Å². The fraction of sp³-hybridized carbons (Fsp3) is 0.364. The number of fused-ring (bicyclic) bond motifs is 1. The van der Waals surface area contributed by atoms with Crippen LogP contribution in [-0.4, -0.2) is 34.1 Å². The van der Waals surface area contributed by atoms with Gasteiger partial charge >= 0.3 is 5.97 Å². The highest BCUT2D eigenvalue weighted by molar-refractivity contribution is 7.21. The lowest BCUT2D eigenvalue weighted by Gasteiger charge is -2.12. The highest BCUT2D eigenvalue weighted by Crippen LogP contribution is 2.30. The minimum atomic E-state index is -0.716. The van der Waals surface area contributed by atoms with Crippen molar-refractivity contribution in [1.82, 2.24) is 9.97 Å². The van der Waals surface area contributed by atoms with Gasteiger partial charge in [-0.3, -0.25) is 4.79 Å². The molecule has 0 unspecified atom stereocenters. The van der Waals surface area contributed by atoms with E-state index in [-0.39, 0.29) is 5.92 Å². The molecule has 1 fully saturated rings. The molecule has 0 aromatic carbocycles. The van der Waals surface area contributed by atoms with Crippen molar-refractivity contribution in [2.24, 2.45) is 5.92 Å². The van der Waals surface area contributed by atoms with Gasteiger partial charge in [0.05, 0.1) is 5.92 Å². The maximum atomic E-state index is 10.9. The van der Waals surface area contributed by atoms with E-state index in [0.29, 0.717) is 13.0 Å². The molecule has 0 bridgehead atoms. The Morgan fingerprint density at radius 1 is 1.59 bits per heavy atom. The van der Waals surface area contributed by atoms with Crippen molar-refractivity contribution >= 4 is 32.8 Å². The minimum absolute atomic E-state index is 0.269. The molecule has 3 rings (SSSR count). The van der Waals surface area contributed by atoms with Gasteiger partial charge in [0, 0.05) is 19.3 Å². The third-order valence-electron chi connectivity index (χ3n) is 2.96. The van der Waals surface area contributed by atoms with Gasteiger partial charge in [-0.2, -0.15) is 0 Å². The summed E-state index contributed by atoms with van der Waals surface area (Å²) in [5.41, 5.74) is 0.881. The lowest BCUT2D eigenvalue weighted by atomic mass is 10.1. The molecule has 6 heteroatoms. The van der Waals surface area contributed by atoms with E-state index >= 15 is 0 Å². The largest absolute Gasteiger partial charge is 0.481 e. The van der Waals surface area contributed by atoms with Crippen LogP contribution in [0, 0.1) is 5.92 Å². The average Bonchev–Trinajstić information content (AvgIpc) is 2.95. The summed E-state index contributed by atoms with van der Waals surface area (Å²) in [7, 11) is 0. The Bertz CT molecular complexity index is 536. The van der Waals surface area contributed by atoms with Gasteiger partial charge in [-0.15, -0.1) is 0 Å². The first-order valence-corrected chi connectivity index (χ1v) is 6.25. The van der Waals surface area contributed by atoms with E-state index in [4.69, 9.17) is 5.11 Å². The average molecular weight is 249 g/mol. The molecule has 2 aromatic rings. The smallest absolute Gasteiger partial charge is 0.308 e. The normalized spacial score (nSPS) is 20.0.